The lowest BCUT2D eigenvalue weighted by Crippen LogP contribution is -2.05. The van der Waals surface area contributed by atoms with Gasteiger partial charge in [-0.25, -0.2) is 9.78 Å². The van der Waals surface area contributed by atoms with Crippen LogP contribution in [0.5, 0.6) is 0 Å². The highest BCUT2D eigenvalue weighted by molar-refractivity contribution is 5.99. The minimum Gasteiger partial charge on any atom is -0.464 e. The second kappa shape index (κ2) is 6.31. The number of hydrogen-bond donors (Lipinski definition) is 3. The predicted molar refractivity (Wildman–Crippen MR) is 99.6 cm³/mol. The van der Waals surface area contributed by atoms with E-state index in [4.69, 9.17) is 10.5 Å². The van der Waals surface area contributed by atoms with Gasteiger partial charge in [0.15, 0.2) is 5.69 Å². The number of nitrogens with zero attached hydrogens (tertiary/aromatic N) is 3. The standard InChI is InChI=1S/C19H14N6O2/c1-27-19(26)17-14(9-23-25-17)11-6-16(24-18(21)12(11)7-20)13-8-22-15-5-3-2-4-10(13)15/h2-6,8-9,22H,1H3,(H2,21,24)(H,23,25). The lowest BCUT2D eigenvalue weighted by molar-refractivity contribution is 0.0595. The van der Waals surface area contributed by atoms with Gasteiger partial charge in [0.1, 0.15) is 17.5 Å². The van der Waals surface area contributed by atoms with Crippen LogP contribution in [0.15, 0.2) is 42.7 Å². The average Bonchev–Trinajstić information content (AvgIpc) is 3.34. The maximum absolute atomic E-state index is 12.0. The van der Waals surface area contributed by atoms with Crippen molar-refractivity contribution in [2.75, 3.05) is 12.8 Å². The number of anilines is 1. The molecule has 4 aromatic rings. The van der Waals surface area contributed by atoms with E-state index in [-0.39, 0.29) is 17.1 Å². The number of ether oxygens (including phenoxy) is 1. The van der Waals surface area contributed by atoms with Gasteiger partial charge >= 0.3 is 5.97 Å². The maximum Gasteiger partial charge on any atom is 0.356 e. The lowest BCUT2D eigenvalue weighted by Gasteiger charge is -2.09. The van der Waals surface area contributed by atoms with E-state index in [1.165, 1.54) is 13.3 Å². The molecule has 0 amide bonds. The Morgan fingerprint density at radius 1 is 1.26 bits per heavy atom. The Morgan fingerprint density at radius 3 is 2.85 bits per heavy atom. The normalized spacial score (nSPS) is 10.7. The molecule has 0 saturated carbocycles. The Kier molecular flexibility index (Phi) is 3.82. The molecule has 0 aliphatic carbocycles. The van der Waals surface area contributed by atoms with E-state index >= 15 is 0 Å². The Labute approximate surface area is 153 Å². The molecule has 3 aromatic heterocycles. The molecule has 0 spiro atoms. The van der Waals surface area contributed by atoms with Gasteiger partial charge in [0.2, 0.25) is 0 Å². The molecule has 4 N–H and O–H groups in total. The van der Waals surface area contributed by atoms with Crippen LogP contribution in [0.1, 0.15) is 16.1 Å². The summed E-state index contributed by atoms with van der Waals surface area (Å²) in [6, 6.07) is 11.6. The number of methoxy groups -OCH3 is 1. The Bertz CT molecular complexity index is 1210. The number of nitrogen functional groups attached to an aromatic ring is 1. The average molecular weight is 358 g/mol. The zero-order valence-electron chi connectivity index (χ0n) is 14.3. The monoisotopic (exact) mass is 358 g/mol. The van der Waals surface area contributed by atoms with Crippen molar-refractivity contribution in [1.29, 1.82) is 5.26 Å². The summed E-state index contributed by atoms with van der Waals surface area (Å²) in [5, 5.41) is 17.0. The highest BCUT2D eigenvalue weighted by atomic mass is 16.5. The molecule has 0 bridgehead atoms. The number of nitrogens with one attached hydrogen (secondary N) is 2. The Hall–Kier alpha value is -4.12. The minimum absolute atomic E-state index is 0.0762. The number of nitriles is 1. The van der Waals surface area contributed by atoms with Crippen LogP contribution in [-0.4, -0.2) is 33.2 Å². The fourth-order valence-electron chi connectivity index (χ4n) is 3.06. The third-order valence-electron chi connectivity index (χ3n) is 4.34. The van der Waals surface area contributed by atoms with E-state index in [0.717, 1.165) is 16.5 Å². The molecule has 0 radical (unpaired) electrons. The van der Waals surface area contributed by atoms with E-state index in [2.05, 4.69) is 26.2 Å². The largest absolute Gasteiger partial charge is 0.464 e. The number of H-pyrrole nitrogens is 2. The first-order chi connectivity index (χ1) is 13.1. The number of nitrogens with two attached hydrogens (primary N) is 1. The van der Waals surface area contributed by atoms with Crippen LogP contribution in [0.4, 0.5) is 5.82 Å². The number of carbonyl (C=O) groups excluding carboxylic acids is 1. The van der Waals surface area contributed by atoms with E-state index in [9.17, 15) is 10.1 Å². The van der Waals surface area contributed by atoms with Crippen LogP contribution < -0.4 is 5.73 Å². The van der Waals surface area contributed by atoms with Gasteiger partial charge in [-0.15, -0.1) is 0 Å². The highest BCUT2D eigenvalue weighted by Crippen LogP contribution is 2.35. The number of carbonyl (C=O) groups is 1. The number of benzene rings is 1. The van der Waals surface area contributed by atoms with Crippen LogP contribution in [0.3, 0.4) is 0 Å². The molecule has 8 heteroatoms. The SMILES string of the molecule is COC(=O)c1[nH]ncc1-c1cc(-c2c[nH]c3ccccc23)nc(N)c1C#N. The molecule has 0 saturated heterocycles. The summed E-state index contributed by atoms with van der Waals surface area (Å²) in [5.41, 5.74) is 9.63. The molecule has 3 heterocycles. The van der Waals surface area contributed by atoms with Gasteiger partial charge in [-0.3, -0.25) is 5.10 Å². The van der Waals surface area contributed by atoms with Crippen LogP contribution >= 0.6 is 0 Å². The molecule has 27 heavy (non-hydrogen) atoms. The number of hydrogen-bond acceptors (Lipinski definition) is 6. The minimum atomic E-state index is -0.588. The molecule has 0 aliphatic heterocycles. The van der Waals surface area contributed by atoms with Crippen molar-refractivity contribution in [3.63, 3.8) is 0 Å². The summed E-state index contributed by atoms with van der Waals surface area (Å²) in [6.07, 6.45) is 3.29. The number of esters is 1. The van der Waals surface area contributed by atoms with Crippen molar-refractivity contribution in [2.24, 2.45) is 0 Å². The molecular formula is C19H14N6O2. The second-order valence-electron chi connectivity index (χ2n) is 5.83. The van der Waals surface area contributed by atoms with Gasteiger partial charge in [-0.05, 0) is 12.1 Å². The molecule has 4 rings (SSSR count). The van der Waals surface area contributed by atoms with Crippen LogP contribution in [-0.2, 0) is 4.74 Å². The third-order valence-corrected chi connectivity index (χ3v) is 4.34. The molecule has 0 unspecified atom stereocenters. The first kappa shape index (κ1) is 16.4. The number of aromatic nitrogens is 4. The van der Waals surface area contributed by atoms with E-state index in [0.29, 0.717) is 16.8 Å². The molecule has 0 atom stereocenters. The first-order valence-electron chi connectivity index (χ1n) is 8.03. The predicted octanol–water partition coefficient (Wildman–Crippen LogP) is 2.86. The quantitative estimate of drug-likeness (QED) is 0.482. The van der Waals surface area contributed by atoms with Crippen molar-refractivity contribution >= 4 is 22.7 Å². The number of pyridine rings is 1. The van der Waals surface area contributed by atoms with E-state index in [1.807, 2.05) is 30.5 Å². The number of aromatic amines is 2. The highest BCUT2D eigenvalue weighted by Gasteiger charge is 2.22. The van der Waals surface area contributed by atoms with Crippen molar-refractivity contribution in [1.82, 2.24) is 20.2 Å². The van der Waals surface area contributed by atoms with Gasteiger partial charge in [-0.1, -0.05) is 18.2 Å². The Balaban J connectivity index is 1.97. The molecule has 0 fully saturated rings. The van der Waals surface area contributed by atoms with Crippen molar-refractivity contribution < 1.29 is 9.53 Å². The molecule has 0 aliphatic rings. The summed E-state index contributed by atoms with van der Waals surface area (Å²) in [7, 11) is 1.27. The molecular weight excluding hydrogens is 344 g/mol. The van der Waals surface area contributed by atoms with Crippen LogP contribution in [0, 0.1) is 11.3 Å². The van der Waals surface area contributed by atoms with Crippen molar-refractivity contribution in [3.8, 4) is 28.5 Å². The number of rotatable bonds is 3. The second-order valence-corrected chi connectivity index (χ2v) is 5.83. The summed E-state index contributed by atoms with van der Waals surface area (Å²) in [4.78, 5) is 19.6. The fourth-order valence-corrected chi connectivity index (χ4v) is 3.06. The number of fused-ring (bicyclic) bond motifs is 1. The lowest BCUT2D eigenvalue weighted by atomic mass is 9.98. The summed E-state index contributed by atoms with van der Waals surface area (Å²) >= 11 is 0. The topological polar surface area (TPSA) is 133 Å². The van der Waals surface area contributed by atoms with Gasteiger partial charge in [-0.2, -0.15) is 10.4 Å². The number of para-hydroxylation sites is 1. The van der Waals surface area contributed by atoms with Gasteiger partial charge in [0.05, 0.1) is 19.0 Å². The summed E-state index contributed by atoms with van der Waals surface area (Å²) in [5.74, 6) is -0.511. The third kappa shape index (κ3) is 2.58. The smallest absolute Gasteiger partial charge is 0.356 e. The summed E-state index contributed by atoms with van der Waals surface area (Å²) in [6.45, 7) is 0. The zero-order valence-corrected chi connectivity index (χ0v) is 14.3. The first-order valence-corrected chi connectivity index (χ1v) is 8.03. The maximum atomic E-state index is 12.0. The van der Waals surface area contributed by atoms with Crippen LogP contribution in [0.25, 0.3) is 33.3 Å². The van der Waals surface area contributed by atoms with Gasteiger partial charge < -0.3 is 15.5 Å². The van der Waals surface area contributed by atoms with E-state index in [1.54, 1.807) is 6.07 Å². The van der Waals surface area contributed by atoms with Crippen molar-refractivity contribution in [2.45, 2.75) is 0 Å². The zero-order chi connectivity index (χ0) is 19.0. The molecule has 132 valence electrons. The fraction of sp³-hybridized carbons (Fsp3) is 0.0526. The van der Waals surface area contributed by atoms with Gasteiger partial charge in [0, 0.05) is 33.8 Å². The van der Waals surface area contributed by atoms with E-state index < -0.39 is 5.97 Å². The van der Waals surface area contributed by atoms with Crippen molar-refractivity contribution in [3.05, 3.63) is 54.0 Å². The molecule has 1 aromatic carbocycles. The Morgan fingerprint density at radius 2 is 2.07 bits per heavy atom. The summed E-state index contributed by atoms with van der Waals surface area (Å²) < 4.78 is 4.78. The van der Waals surface area contributed by atoms with Gasteiger partial charge in [0.25, 0.3) is 0 Å². The van der Waals surface area contributed by atoms with Crippen LogP contribution in [0.2, 0.25) is 0 Å². The molecule has 8 nitrogen and oxygen atoms in total.